The van der Waals surface area contributed by atoms with Crippen molar-refractivity contribution in [2.24, 2.45) is 0 Å². The summed E-state index contributed by atoms with van der Waals surface area (Å²) in [7, 11) is 0. The van der Waals surface area contributed by atoms with E-state index in [2.05, 4.69) is 5.32 Å². The van der Waals surface area contributed by atoms with E-state index in [1.807, 2.05) is 36.4 Å². The number of benzene rings is 2. The summed E-state index contributed by atoms with van der Waals surface area (Å²) in [5.74, 6) is -0.371. The number of fused-ring (bicyclic) bond motifs is 1. The van der Waals surface area contributed by atoms with Gasteiger partial charge in [-0.3, -0.25) is 9.59 Å². The number of carbonyl (C=O) groups excluding carboxylic acids is 2. The van der Waals surface area contributed by atoms with Gasteiger partial charge in [-0.05, 0) is 17.7 Å². The first-order valence-electron chi connectivity index (χ1n) is 6.97. The first kappa shape index (κ1) is 14.6. The van der Waals surface area contributed by atoms with Gasteiger partial charge in [-0.2, -0.15) is 0 Å². The number of amides is 2. The number of hydrogen-bond donors (Lipinski definition) is 1. The molecule has 112 valence electrons. The normalized spacial score (nSPS) is 17.5. The van der Waals surface area contributed by atoms with E-state index in [1.54, 1.807) is 17.0 Å². The molecule has 1 aliphatic rings. The number of nitrogens with zero attached hydrogens (tertiary/aromatic N) is 1. The van der Waals surface area contributed by atoms with Crippen molar-refractivity contribution in [2.45, 2.75) is 13.0 Å². The molecule has 0 aliphatic carbocycles. The maximum atomic E-state index is 12.1. The van der Waals surface area contributed by atoms with Crippen LogP contribution in [0.2, 0.25) is 5.02 Å². The molecule has 1 heterocycles. The minimum absolute atomic E-state index is 0.0151. The number of halogens is 1. The van der Waals surface area contributed by atoms with E-state index >= 15 is 0 Å². The lowest BCUT2D eigenvalue weighted by Crippen LogP contribution is -2.37. The Labute approximate surface area is 133 Å². The minimum Gasteiger partial charge on any atom is -0.324 e. The molecule has 0 bridgehead atoms. The Kier molecular flexibility index (Phi) is 3.86. The molecule has 0 saturated heterocycles. The quantitative estimate of drug-likeness (QED) is 0.878. The Balaban J connectivity index is 2.21. The maximum Gasteiger partial charge on any atom is 0.244 e. The van der Waals surface area contributed by atoms with Gasteiger partial charge in [0.25, 0.3) is 0 Å². The molecule has 1 N–H and O–H groups in total. The third-order valence-electron chi connectivity index (χ3n) is 3.73. The van der Waals surface area contributed by atoms with Gasteiger partial charge in [0, 0.05) is 23.2 Å². The number of hydrogen-bond acceptors (Lipinski definition) is 2. The molecule has 2 aromatic carbocycles. The van der Waals surface area contributed by atoms with Gasteiger partial charge >= 0.3 is 0 Å². The highest BCUT2D eigenvalue weighted by atomic mass is 35.5. The number of rotatable bonds is 1. The van der Waals surface area contributed by atoms with Crippen LogP contribution in [-0.4, -0.2) is 23.3 Å². The Hall–Kier alpha value is -2.33. The van der Waals surface area contributed by atoms with Crippen LogP contribution in [0.25, 0.3) is 0 Å². The van der Waals surface area contributed by atoms with Gasteiger partial charge in [-0.25, -0.2) is 0 Å². The van der Waals surface area contributed by atoms with E-state index in [0.717, 1.165) is 11.1 Å². The lowest BCUT2D eigenvalue weighted by Gasteiger charge is -2.29. The predicted molar refractivity (Wildman–Crippen MR) is 85.8 cm³/mol. The molecule has 5 heteroatoms. The number of nitrogens with one attached hydrogen (secondary N) is 1. The van der Waals surface area contributed by atoms with Crippen LogP contribution in [0.5, 0.6) is 0 Å². The van der Waals surface area contributed by atoms with Crippen molar-refractivity contribution in [1.29, 1.82) is 0 Å². The van der Waals surface area contributed by atoms with Crippen molar-refractivity contribution < 1.29 is 9.59 Å². The largest absolute Gasteiger partial charge is 0.324 e. The lowest BCUT2D eigenvalue weighted by molar-refractivity contribution is -0.134. The summed E-state index contributed by atoms with van der Waals surface area (Å²) >= 11 is 6.04. The van der Waals surface area contributed by atoms with E-state index in [-0.39, 0.29) is 24.4 Å². The van der Waals surface area contributed by atoms with E-state index in [4.69, 9.17) is 11.6 Å². The average Bonchev–Trinajstić information content (AvgIpc) is 2.63. The van der Waals surface area contributed by atoms with Gasteiger partial charge in [0.15, 0.2) is 0 Å². The smallest absolute Gasteiger partial charge is 0.244 e. The van der Waals surface area contributed by atoms with Gasteiger partial charge < -0.3 is 10.2 Å². The lowest BCUT2D eigenvalue weighted by atomic mass is 9.96. The molecule has 0 spiro atoms. The highest BCUT2D eigenvalue weighted by Crippen LogP contribution is 2.36. The molecular weight excluding hydrogens is 300 g/mol. The fourth-order valence-electron chi connectivity index (χ4n) is 2.77. The first-order chi connectivity index (χ1) is 10.6. The molecule has 0 radical (unpaired) electrons. The molecule has 4 nitrogen and oxygen atoms in total. The second-order valence-corrected chi connectivity index (χ2v) is 5.68. The van der Waals surface area contributed by atoms with Gasteiger partial charge in [-0.1, -0.05) is 48.0 Å². The highest BCUT2D eigenvalue weighted by Gasteiger charge is 2.31. The molecule has 22 heavy (non-hydrogen) atoms. The predicted octanol–water partition coefficient (Wildman–Crippen LogP) is 3.23. The Bertz CT molecular complexity index is 731. The molecule has 2 amide bonds. The zero-order valence-corrected chi connectivity index (χ0v) is 12.8. The summed E-state index contributed by atoms with van der Waals surface area (Å²) in [6.45, 7) is 1.49. The summed E-state index contributed by atoms with van der Waals surface area (Å²) in [5, 5.41) is 3.37. The van der Waals surface area contributed by atoms with Crippen LogP contribution in [0.1, 0.15) is 24.1 Å². The first-order valence-corrected chi connectivity index (χ1v) is 7.35. The van der Waals surface area contributed by atoms with Gasteiger partial charge in [0.2, 0.25) is 11.8 Å². The van der Waals surface area contributed by atoms with Crippen LogP contribution >= 0.6 is 11.6 Å². The minimum atomic E-state index is -0.315. The third-order valence-corrected chi connectivity index (χ3v) is 3.96. The van der Waals surface area contributed by atoms with Crippen LogP contribution in [0.15, 0.2) is 48.5 Å². The monoisotopic (exact) mass is 314 g/mol. The van der Waals surface area contributed by atoms with Crippen LogP contribution in [0, 0.1) is 0 Å². The van der Waals surface area contributed by atoms with E-state index in [9.17, 15) is 9.59 Å². The van der Waals surface area contributed by atoms with Gasteiger partial charge in [0.1, 0.15) is 6.54 Å². The zero-order valence-electron chi connectivity index (χ0n) is 12.0. The molecule has 0 saturated carbocycles. The molecule has 0 aromatic heterocycles. The molecular formula is C17H15ClN2O2. The third kappa shape index (κ3) is 2.70. The van der Waals surface area contributed by atoms with E-state index in [1.165, 1.54) is 6.92 Å². The Morgan fingerprint density at radius 2 is 1.95 bits per heavy atom. The molecule has 0 unspecified atom stereocenters. The van der Waals surface area contributed by atoms with Crippen molar-refractivity contribution in [3.8, 4) is 0 Å². The summed E-state index contributed by atoms with van der Waals surface area (Å²) in [6, 6.07) is 14.7. The second-order valence-electron chi connectivity index (χ2n) is 5.24. The van der Waals surface area contributed by atoms with Crippen molar-refractivity contribution in [2.75, 3.05) is 11.9 Å². The average molecular weight is 315 g/mol. The number of anilines is 1. The van der Waals surface area contributed by atoms with E-state index in [0.29, 0.717) is 10.7 Å². The standard InChI is InChI=1S/C17H15ClN2O2/c1-11(21)20-10-16(22)19-15-9-13(18)7-8-14(15)17(20)12-5-3-2-4-6-12/h2-9,17H,10H2,1H3,(H,19,22)/t17-/m1/s1. The highest BCUT2D eigenvalue weighted by molar-refractivity contribution is 6.31. The zero-order chi connectivity index (χ0) is 15.7. The molecule has 1 atom stereocenters. The summed E-state index contributed by atoms with van der Waals surface area (Å²) < 4.78 is 0. The summed E-state index contributed by atoms with van der Waals surface area (Å²) in [4.78, 5) is 25.8. The maximum absolute atomic E-state index is 12.1. The number of carbonyl (C=O) groups is 2. The van der Waals surface area contributed by atoms with Gasteiger partial charge in [0.05, 0.1) is 6.04 Å². The summed E-state index contributed by atoms with van der Waals surface area (Å²) in [6.07, 6.45) is 0. The van der Waals surface area contributed by atoms with Crippen molar-refractivity contribution in [3.05, 3.63) is 64.7 Å². The van der Waals surface area contributed by atoms with Crippen LogP contribution in [-0.2, 0) is 9.59 Å². The Morgan fingerprint density at radius 3 is 2.64 bits per heavy atom. The second kappa shape index (κ2) is 5.81. The fraction of sp³-hybridized carbons (Fsp3) is 0.176. The summed E-state index contributed by atoms with van der Waals surface area (Å²) in [5.41, 5.74) is 2.46. The SMILES string of the molecule is CC(=O)N1CC(=O)Nc2cc(Cl)ccc2[C@H]1c1ccccc1. The van der Waals surface area contributed by atoms with Crippen LogP contribution in [0.4, 0.5) is 5.69 Å². The van der Waals surface area contributed by atoms with Crippen molar-refractivity contribution in [1.82, 2.24) is 4.90 Å². The van der Waals surface area contributed by atoms with E-state index < -0.39 is 0 Å². The van der Waals surface area contributed by atoms with Crippen molar-refractivity contribution >= 4 is 29.1 Å². The topological polar surface area (TPSA) is 49.4 Å². The molecule has 1 aliphatic heterocycles. The van der Waals surface area contributed by atoms with Gasteiger partial charge in [-0.15, -0.1) is 0 Å². The molecule has 0 fully saturated rings. The molecule has 2 aromatic rings. The molecule has 3 rings (SSSR count). The fourth-order valence-corrected chi connectivity index (χ4v) is 2.94. The van der Waals surface area contributed by atoms with Crippen LogP contribution in [0.3, 0.4) is 0 Å². The Morgan fingerprint density at radius 1 is 1.23 bits per heavy atom. The van der Waals surface area contributed by atoms with Crippen molar-refractivity contribution in [3.63, 3.8) is 0 Å². The van der Waals surface area contributed by atoms with Crippen LogP contribution < -0.4 is 5.32 Å².